The molecule has 1 aliphatic heterocycles. The molecule has 21 heavy (non-hydrogen) atoms. The van der Waals surface area contributed by atoms with Crippen LogP contribution in [0.2, 0.25) is 0 Å². The molecule has 7 nitrogen and oxygen atoms in total. The number of carbonyl (C=O) groups excluding carboxylic acids is 1. The van der Waals surface area contributed by atoms with Gasteiger partial charge in [-0.2, -0.15) is 0 Å². The zero-order chi connectivity index (χ0) is 15.6. The van der Waals surface area contributed by atoms with Crippen molar-refractivity contribution in [2.75, 3.05) is 26.3 Å². The summed E-state index contributed by atoms with van der Waals surface area (Å²) >= 11 is 0. The van der Waals surface area contributed by atoms with E-state index in [1.54, 1.807) is 0 Å². The summed E-state index contributed by atoms with van der Waals surface area (Å²) in [6.07, 6.45) is -1.77. The van der Waals surface area contributed by atoms with Crippen molar-refractivity contribution in [3.05, 3.63) is 18.0 Å². The summed E-state index contributed by atoms with van der Waals surface area (Å²) in [6, 6.07) is 1.02. The van der Waals surface area contributed by atoms with Crippen molar-refractivity contribution in [1.29, 1.82) is 0 Å². The number of sulfonamides is 1. The van der Waals surface area contributed by atoms with Crippen molar-refractivity contribution in [3.8, 4) is 0 Å². The Hall–Kier alpha value is -1.52. The number of nitrogens with two attached hydrogens (primary N) is 1. The molecular weight excluding hydrogens is 308 g/mol. The Morgan fingerprint density at radius 1 is 1.38 bits per heavy atom. The van der Waals surface area contributed by atoms with Gasteiger partial charge in [-0.1, -0.05) is 0 Å². The smallest absolute Gasteiger partial charge is 0.270 e. The molecule has 1 aromatic heterocycles. The number of morpholine rings is 1. The molecular formula is C11H15F2N3O4S. The van der Waals surface area contributed by atoms with Crippen LogP contribution in [0.1, 0.15) is 10.5 Å². The molecule has 2 N–H and O–H groups in total. The van der Waals surface area contributed by atoms with Crippen LogP contribution in [0, 0.1) is 0 Å². The normalized spacial score (nSPS) is 16.5. The average molecular weight is 323 g/mol. The fourth-order valence-electron chi connectivity index (χ4n) is 2.05. The number of hydrogen-bond donors (Lipinski definition) is 1. The van der Waals surface area contributed by atoms with Crippen LogP contribution in [0.25, 0.3) is 0 Å². The number of halogens is 2. The second-order valence-corrected chi connectivity index (χ2v) is 6.12. The summed E-state index contributed by atoms with van der Waals surface area (Å²) in [7, 11) is -4.07. The highest BCUT2D eigenvalue weighted by atomic mass is 32.2. The number of ether oxygens (including phenoxy) is 1. The van der Waals surface area contributed by atoms with Gasteiger partial charge in [0.25, 0.3) is 12.3 Å². The summed E-state index contributed by atoms with van der Waals surface area (Å²) in [6.45, 7) is 0.570. The maximum absolute atomic E-state index is 12.6. The monoisotopic (exact) mass is 323 g/mol. The Labute approximate surface area is 120 Å². The van der Waals surface area contributed by atoms with Crippen LogP contribution >= 0.6 is 0 Å². The summed E-state index contributed by atoms with van der Waals surface area (Å²) in [5.74, 6) is -0.520. The molecule has 10 heteroatoms. The summed E-state index contributed by atoms with van der Waals surface area (Å²) in [5.41, 5.74) is -0.124. The van der Waals surface area contributed by atoms with Crippen molar-refractivity contribution in [2.24, 2.45) is 5.14 Å². The van der Waals surface area contributed by atoms with Gasteiger partial charge in [0.1, 0.15) is 10.6 Å². The van der Waals surface area contributed by atoms with Gasteiger partial charge in [-0.05, 0) is 6.07 Å². The van der Waals surface area contributed by atoms with E-state index in [0.717, 1.165) is 16.8 Å². The fraction of sp³-hybridized carbons (Fsp3) is 0.545. The van der Waals surface area contributed by atoms with Crippen molar-refractivity contribution in [1.82, 2.24) is 9.47 Å². The molecule has 1 saturated heterocycles. The van der Waals surface area contributed by atoms with E-state index in [9.17, 15) is 22.0 Å². The molecule has 0 spiro atoms. The molecule has 0 bridgehead atoms. The number of hydrogen-bond acceptors (Lipinski definition) is 4. The highest BCUT2D eigenvalue weighted by Gasteiger charge is 2.25. The molecule has 1 aliphatic rings. The molecule has 1 aromatic rings. The molecule has 2 rings (SSSR count). The topological polar surface area (TPSA) is 94.6 Å². The van der Waals surface area contributed by atoms with Crippen LogP contribution in [0.4, 0.5) is 8.78 Å². The average Bonchev–Trinajstić information content (AvgIpc) is 2.82. The van der Waals surface area contributed by atoms with Crippen LogP contribution in [0.15, 0.2) is 17.2 Å². The maximum atomic E-state index is 12.6. The van der Waals surface area contributed by atoms with Crippen molar-refractivity contribution in [2.45, 2.75) is 17.9 Å². The first kappa shape index (κ1) is 15.9. The lowest BCUT2D eigenvalue weighted by Crippen LogP contribution is -2.41. The zero-order valence-electron chi connectivity index (χ0n) is 11.0. The quantitative estimate of drug-likeness (QED) is 0.835. The van der Waals surface area contributed by atoms with E-state index in [0.29, 0.717) is 26.3 Å². The lowest BCUT2D eigenvalue weighted by Gasteiger charge is -2.27. The van der Waals surface area contributed by atoms with Crippen LogP contribution in [0.5, 0.6) is 0 Å². The Bertz CT molecular complexity index is 623. The van der Waals surface area contributed by atoms with Gasteiger partial charge in [0.15, 0.2) is 0 Å². The van der Waals surface area contributed by atoms with Gasteiger partial charge in [0.2, 0.25) is 10.0 Å². The van der Waals surface area contributed by atoms with E-state index in [2.05, 4.69) is 0 Å². The van der Waals surface area contributed by atoms with Gasteiger partial charge in [-0.15, -0.1) is 0 Å². The molecule has 1 fully saturated rings. The predicted octanol–water partition coefficient (Wildman–Crippen LogP) is -0.127. The van der Waals surface area contributed by atoms with Crippen LogP contribution in [0.3, 0.4) is 0 Å². The summed E-state index contributed by atoms with van der Waals surface area (Å²) < 4.78 is 53.8. The van der Waals surface area contributed by atoms with E-state index in [4.69, 9.17) is 9.88 Å². The molecule has 0 radical (unpaired) electrons. The highest BCUT2D eigenvalue weighted by Crippen LogP contribution is 2.17. The number of alkyl halides is 2. The second-order valence-electron chi connectivity index (χ2n) is 4.55. The van der Waals surface area contributed by atoms with Gasteiger partial charge < -0.3 is 14.2 Å². The second kappa shape index (κ2) is 6.08. The lowest BCUT2D eigenvalue weighted by atomic mass is 10.3. The number of primary sulfonamides is 1. The van der Waals surface area contributed by atoms with Gasteiger partial charge in [0.05, 0.1) is 19.8 Å². The number of rotatable bonds is 4. The van der Waals surface area contributed by atoms with Crippen LogP contribution in [-0.2, 0) is 21.3 Å². The molecule has 0 saturated carbocycles. The van der Waals surface area contributed by atoms with E-state index in [-0.39, 0.29) is 10.6 Å². The molecule has 1 amide bonds. The maximum Gasteiger partial charge on any atom is 0.270 e. The number of amides is 1. The third-order valence-corrected chi connectivity index (χ3v) is 3.93. The molecule has 0 aromatic carbocycles. The van der Waals surface area contributed by atoms with Crippen LogP contribution in [-0.4, -0.2) is 56.5 Å². The van der Waals surface area contributed by atoms with E-state index in [1.807, 2.05) is 0 Å². The van der Waals surface area contributed by atoms with Crippen LogP contribution < -0.4 is 5.14 Å². The molecule has 0 aliphatic carbocycles. The minimum atomic E-state index is -4.07. The Morgan fingerprint density at radius 2 is 2.00 bits per heavy atom. The highest BCUT2D eigenvalue weighted by molar-refractivity contribution is 7.89. The first-order valence-corrected chi connectivity index (χ1v) is 7.72. The first-order valence-electron chi connectivity index (χ1n) is 6.17. The molecule has 118 valence electrons. The minimum Gasteiger partial charge on any atom is -0.378 e. The first-order chi connectivity index (χ1) is 9.79. The fourth-order valence-corrected chi connectivity index (χ4v) is 2.60. The van der Waals surface area contributed by atoms with Gasteiger partial charge in [-0.25, -0.2) is 22.3 Å². The van der Waals surface area contributed by atoms with Gasteiger partial charge in [-0.3, -0.25) is 4.79 Å². The zero-order valence-corrected chi connectivity index (χ0v) is 11.9. The summed E-state index contributed by atoms with van der Waals surface area (Å²) in [5, 5.41) is 4.97. The largest absolute Gasteiger partial charge is 0.378 e. The third kappa shape index (κ3) is 3.77. The van der Waals surface area contributed by atoms with Gasteiger partial charge in [0, 0.05) is 19.3 Å². The number of nitrogens with zero attached hydrogens (tertiary/aromatic N) is 2. The SMILES string of the molecule is NS(=O)(=O)c1cc(C(=O)N2CCOCC2)n(CC(F)F)c1. The van der Waals surface area contributed by atoms with Gasteiger partial charge >= 0.3 is 0 Å². The standard InChI is InChI=1S/C11H15F2N3O4S/c12-10(13)7-16-6-8(21(14,18)19)5-9(16)11(17)15-1-3-20-4-2-15/h5-6,10H,1-4,7H2,(H2,14,18,19). The number of carbonyl (C=O) groups is 1. The van der Waals surface area contributed by atoms with Crippen molar-refractivity contribution < 1.29 is 26.7 Å². The van der Waals surface area contributed by atoms with E-state index < -0.39 is 28.9 Å². The Balaban J connectivity index is 2.35. The van der Waals surface area contributed by atoms with Crippen molar-refractivity contribution in [3.63, 3.8) is 0 Å². The lowest BCUT2D eigenvalue weighted by molar-refractivity contribution is 0.0292. The van der Waals surface area contributed by atoms with E-state index in [1.165, 1.54) is 4.90 Å². The molecule has 0 unspecified atom stereocenters. The minimum absolute atomic E-state index is 0.124. The number of aromatic nitrogens is 1. The Kier molecular flexibility index (Phi) is 4.59. The predicted molar refractivity (Wildman–Crippen MR) is 68.5 cm³/mol. The molecule has 0 atom stereocenters. The molecule has 2 heterocycles. The Morgan fingerprint density at radius 3 is 2.52 bits per heavy atom. The van der Waals surface area contributed by atoms with Crippen molar-refractivity contribution >= 4 is 15.9 Å². The summed E-state index contributed by atoms with van der Waals surface area (Å²) in [4.78, 5) is 13.4. The third-order valence-electron chi connectivity index (χ3n) is 3.05. The van der Waals surface area contributed by atoms with E-state index >= 15 is 0 Å².